The number of aryl methyl sites for hydroxylation is 2. The molecule has 1 aliphatic heterocycles. The van der Waals surface area contributed by atoms with Gasteiger partial charge in [-0.15, -0.1) is 0 Å². The second kappa shape index (κ2) is 8.73. The average Bonchev–Trinajstić information content (AvgIpc) is 3.47. The minimum Gasteiger partial charge on any atom is -0.364 e. The number of benzene rings is 2. The molecule has 0 amide bonds. The van der Waals surface area contributed by atoms with E-state index >= 15 is 0 Å². The number of nitrogens with zero attached hydrogens (tertiary/aromatic N) is 6. The summed E-state index contributed by atoms with van der Waals surface area (Å²) in [5.41, 5.74) is 5.58. The molecule has 0 N–H and O–H groups in total. The first-order valence-electron chi connectivity index (χ1n) is 11.2. The Labute approximate surface area is 200 Å². The summed E-state index contributed by atoms with van der Waals surface area (Å²) < 4.78 is 31.8. The van der Waals surface area contributed by atoms with Gasteiger partial charge in [-0.1, -0.05) is 36.4 Å². The Morgan fingerprint density at radius 1 is 1.06 bits per heavy atom. The minimum absolute atomic E-state index is 0.0690. The first-order valence-corrected chi connectivity index (χ1v) is 12.6. The summed E-state index contributed by atoms with van der Waals surface area (Å²) in [6.45, 7) is 1.22. The van der Waals surface area contributed by atoms with Crippen LogP contribution >= 0.6 is 0 Å². The molecule has 0 saturated heterocycles. The molecule has 8 nitrogen and oxygen atoms in total. The number of anilines is 1. The highest BCUT2D eigenvalue weighted by atomic mass is 32.2. The molecular weight excluding hydrogens is 448 g/mol. The number of likely N-dealkylation sites (N-methyl/N-ethyl adjacent to an activating group) is 1. The van der Waals surface area contributed by atoms with Gasteiger partial charge in [0.25, 0.3) is 10.0 Å². The highest BCUT2D eigenvalue weighted by molar-refractivity contribution is 7.89. The van der Waals surface area contributed by atoms with E-state index in [2.05, 4.69) is 45.2 Å². The normalized spacial score (nSPS) is 16.1. The number of imidazole rings is 2. The molecule has 5 rings (SSSR count). The average molecular weight is 477 g/mol. The lowest BCUT2D eigenvalue weighted by molar-refractivity contribution is 0.353. The maximum atomic E-state index is 13.3. The van der Waals surface area contributed by atoms with Crippen molar-refractivity contribution in [1.82, 2.24) is 23.4 Å². The Balaban J connectivity index is 1.52. The van der Waals surface area contributed by atoms with E-state index in [0.29, 0.717) is 19.5 Å². The quantitative estimate of drug-likeness (QED) is 0.428. The van der Waals surface area contributed by atoms with Gasteiger partial charge in [0.15, 0.2) is 5.03 Å². The Bertz CT molecular complexity index is 1410. The molecule has 0 saturated carbocycles. The monoisotopic (exact) mass is 476 g/mol. The second-order valence-electron chi connectivity index (χ2n) is 8.84. The third kappa shape index (κ3) is 4.12. The zero-order valence-corrected chi connectivity index (χ0v) is 20.4. The molecule has 1 atom stereocenters. The predicted octanol–water partition coefficient (Wildman–Crippen LogP) is 3.07. The summed E-state index contributed by atoms with van der Waals surface area (Å²) >= 11 is 0. The van der Waals surface area contributed by atoms with Crippen LogP contribution in [0.1, 0.15) is 11.3 Å². The summed E-state index contributed by atoms with van der Waals surface area (Å²) in [7, 11) is 1.68. The summed E-state index contributed by atoms with van der Waals surface area (Å²) in [6.07, 6.45) is 7.32. The smallest absolute Gasteiger partial charge is 0.262 e. The van der Waals surface area contributed by atoms with Gasteiger partial charge in [-0.3, -0.25) is 0 Å². The molecule has 0 bridgehead atoms. The van der Waals surface area contributed by atoms with Crippen molar-refractivity contribution in [3.63, 3.8) is 0 Å². The molecule has 3 heterocycles. The van der Waals surface area contributed by atoms with Crippen LogP contribution in [0.4, 0.5) is 5.69 Å². The van der Waals surface area contributed by atoms with Crippen molar-refractivity contribution >= 4 is 15.7 Å². The Morgan fingerprint density at radius 3 is 2.53 bits per heavy atom. The highest BCUT2D eigenvalue weighted by Crippen LogP contribution is 2.34. The van der Waals surface area contributed by atoms with Crippen LogP contribution in [-0.4, -0.2) is 51.5 Å². The lowest BCUT2D eigenvalue weighted by atomic mass is 9.93. The van der Waals surface area contributed by atoms with Crippen LogP contribution < -0.4 is 4.90 Å². The van der Waals surface area contributed by atoms with Crippen LogP contribution in [0, 0.1) is 0 Å². The first kappa shape index (κ1) is 22.4. The third-order valence-electron chi connectivity index (χ3n) is 6.52. The van der Waals surface area contributed by atoms with E-state index in [4.69, 9.17) is 0 Å². The van der Waals surface area contributed by atoms with Crippen molar-refractivity contribution in [2.24, 2.45) is 14.1 Å². The van der Waals surface area contributed by atoms with Crippen molar-refractivity contribution in [2.45, 2.75) is 24.0 Å². The zero-order chi connectivity index (χ0) is 23.9. The van der Waals surface area contributed by atoms with Crippen LogP contribution in [0.25, 0.3) is 11.1 Å². The van der Waals surface area contributed by atoms with Crippen molar-refractivity contribution in [3.05, 3.63) is 84.8 Å². The minimum atomic E-state index is -3.72. The third-order valence-corrected chi connectivity index (χ3v) is 8.32. The number of hydrogen-bond acceptors (Lipinski definition) is 5. The van der Waals surface area contributed by atoms with Crippen molar-refractivity contribution < 1.29 is 8.42 Å². The van der Waals surface area contributed by atoms with Crippen LogP contribution in [0.2, 0.25) is 0 Å². The van der Waals surface area contributed by atoms with Gasteiger partial charge < -0.3 is 14.0 Å². The Morgan fingerprint density at radius 2 is 1.85 bits per heavy atom. The zero-order valence-electron chi connectivity index (χ0n) is 19.5. The topological polar surface area (TPSA) is 76.3 Å². The number of sulfonamides is 1. The highest BCUT2D eigenvalue weighted by Gasteiger charge is 2.35. The molecule has 4 aromatic rings. The fraction of sp³-hybridized carbons (Fsp3) is 0.280. The molecule has 1 aliphatic rings. The standard InChI is InChI=1S/C25H28N6O2S/c1-28-16-25(27-18-28)34(32,33)30(3)22-12-21-11-20(19-7-5-4-6-8-19)9-10-24(21)31(14-22)15-23-13-26-17-29(23)2/h4-11,13,16-18,22H,12,14-15H2,1-3H3. The molecule has 0 aliphatic carbocycles. The fourth-order valence-corrected chi connectivity index (χ4v) is 5.84. The van der Waals surface area contributed by atoms with Gasteiger partial charge in [0.1, 0.15) is 0 Å². The summed E-state index contributed by atoms with van der Waals surface area (Å²) in [4.78, 5) is 10.6. The molecular formula is C25H28N6O2S. The van der Waals surface area contributed by atoms with Gasteiger partial charge in [-0.2, -0.15) is 4.31 Å². The first-order chi connectivity index (χ1) is 16.3. The van der Waals surface area contributed by atoms with E-state index in [-0.39, 0.29) is 11.1 Å². The number of fused-ring (bicyclic) bond motifs is 1. The molecule has 9 heteroatoms. The lowest BCUT2D eigenvalue weighted by Crippen LogP contribution is -2.49. The van der Waals surface area contributed by atoms with Gasteiger partial charge in [0.05, 0.1) is 24.9 Å². The van der Waals surface area contributed by atoms with Crippen molar-refractivity contribution in [3.8, 4) is 11.1 Å². The molecule has 34 heavy (non-hydrogen) atoms. The van der Waals surface area contributed by atoms with Crippen molar-refractivity contribution in [2.75, 3.05) is 18.5 Å². The molecule has 0 radical (unpaired) electrons. The van der Waals surface area contributed by atoms with E-state index in [1.165, 1.54) is 10.6 Å². The van der Waals surface area contributed by atoms with Gasteiger partial charge in [0, 0.05) is 51.8 Å². The Kier molecular flexibility index (Phi) is 5.75. The maximum Gasteiger partial charge on any atom is 0.262 e. The number of rotatable bonds is 6. The predicted molar refractivity (Wildman–Crippen MR) is 132 cm³/mol. The van der Waals surface area contributed by atoms with Crippen LogP contribution in [0.3, 0.4) is 0 Å². The fourth-order valence-electron chi connectivity index (χ4n) is 4.53. The van der Waals surface area contributed by atoms with Crippen LogP contribution in [0.15, 0.2) is 78.6 Å². The van der Waals surface area contributed by atoms with E-state index in [1.807, 2.05) is 36.0 Å². The number of aromatic nitrogens is 4. The van der Waals surface area contributed by atoms with Crippen molar-refractivity contribution in [1.29, 1.82) is 0 Å². The molecule has 0 fully saturated rings. The maximum absolute atomic E-state index is 13.3. The van der Waals surface area contributed by atoms with Gasteiger partial charge in [-0.25, -0.2) is 18.4 Å². The van der Waals surface area contributed by atoms with E-state index in [9.17, 15) is 8.42 Å². The molecule has 1 unspecified atom stereocenters. The lowest BCUT2D eigenvalue weighted by Gasteiger charge is -2.39. The molecule has 2 aromatic carbocycles. The largest absolute Gasteiger partial charge is 0.364 e. The number of hydrogen-bond donors (Lipinski definition) is 0. The van der Waals surface area contributed by atoms with Gasteiger partial charge in [0.2, 0.25) is 0 Å². The van der Waals surface area contributed by atoms with E-state index < -0.39 is 10.0 Å². The molecule has 176 valence electrons. The Hall–Kier alpha value is -3.43. The summed E-state index contributed by atoms with van der Waals surface area (Å²) in [5.74, 6) is 0. The molecule has 2 aromatic heterocycles. The summed E-state index contributed by atoms with van der Waals surface area (Å²) in [5, 5.41) is 0.0690. The van der Waals surface area contributed by atoms with Crippen LogP contribution in [-0.2, 0) is 37.1 Å². The second-order valence-corrected chi connectivity index (χ2v) is 10.8. The SMILES string of the molecule is CN(C1Cc2cc(-c3ccccc3)ccc2N(Cc2cncn2C)C1)S(=O)(=O)c1cn(C)cn1. The summed E-state index contributed by atoms with van der Waals surface area (Å²) in [6, 6.07) is 16.5. The van der Waals surface area contributed by atoms with E-state index in [0.717, 1.165) is 28.1 Å². The van der Waals surface area contributed by atoms with E-state index in [1.54, 1.807) is 31.2 Å². The van der Waals surface area contributed by atoms with Gasteiger partial charge >= 0.3 is 0 Å². The van der Waals surface area contributed by atoms with Crippen LogP contribution in [0.5, 0.6) is 0 Å². The van der Waals surface area contributed by atoms with Gasteiger partial charge in [-0.05, 0) is 35.2 Å². The molecule has 0 spiro atoms.